The second-order valence-corrected chi connectivity index (χ2v) is 8.23. The second kappa shape index (κ2) is 9.20. The Morgan fingerprint density at radius 1 is 1.09 bits per heavy atom. The van der Waals surface area contributed by atoms with E-state index in [1.165, 1.54) is 22.9 Å². The minimum absolute atomic E-state index is 0.117. The minimum atomic E-state index is -4.79. The van der Waals surface area contributed by atoms with E-state index in [0.29, 0.717) is 43.5 Å². The summed E-state index contributed by atoms with van der Waals surface area (Å²) in [6, 6.07) is 8.04. The molecule has 1 aromatic carbocycles. The van der Waals surface area contributed by atoms with Crippen molar-refractivity contribution in [2.24, 2.45) is 0 Å². The molecule has 0 bridgehead atoms. The Balaban J connectivity index is 1.24. The second-order valence-electron chi connectivity index (χ2n) is 6.88. The summed E-state index contributed by atoms with van der Waals surface area (Å²) < 4.78 is 41.1. The summed E-state index contributed by atoms with van der Waals surface area (Å²) in [5.41, 5.74) is 6.17. The molecule has 0 radical (unpaired) electrons. The van der Waals surface area contributed by atoms with Crippen molar-refractivity contribution in [3.05, 3.63) is 48.2 Å². The molecule has 33 heavy (non-hydrogen) atoms. The Bertz CT molecular complexity index is 1370. The summed E-state index contributed by atoms with van der Waals surface area (Å²) in [6.45, 7) is 0.913. The molecule has 0 aliphatic carbocycles. The SMILES string of the molecule is Nc1nc(NCCCCNC(=O)c2ccc(S(=O)(=O)F)cc2)nc2nc(-c3ccco3)nn12. The first-order valence-corrected chi connectivity index (χ1v) is 11.2. The van der Waals surface area contributed by atoms with Gasteiger partial charge >= 0.3 is 10.2 Å². The Morgan fingerprint density at radius 3 is 2.55 bits per heavy atom. The fourth-order valence-electron chi connectivity index (χ4n) is 2.92. The monoisotopic (exact) mass is 474 g/mol. The summed E-state index contributed by atoms with van der Waals surface area (Å²) in [6.07, 6.45) is 2.86. The average Bonchev–Trinajstić information content (AvgIpc) is 3.45. The molecule has 4 rings (SSSR count). The van der Waals surface area contributed by atoms with E-state index in [0.717, 1.165) is 12.1 Å². The Hall–Kier alpha value is -4.07. The number of aromatic nitrogens is 5. The smallest absolute Gasteiger partial charge is 0.332 e. The van der Waals surface area contributed by atoms with Crippen LogP contribution in [-0.4, -0.2) is 52.0 Å². The van der Waals surface area contributed by atoms with Gasteiger partial charge in [-0.2, -0.15) is 27.9 Å². The van der Waals surface area contributed by atoms with E-state index in [1.54, 1.807) is 12.1 Å². The maximum absolute atomic E-state index is 12.9. The van der Waals surface area contributed by atoms with Crippen LogP contribution in [0.2, 0.25) is 0 Å². The van der Waals surface area contributed by atoms with E-state index in [1.807, 2.05) is 0 Å². The van der Waals surface area contributed by atoms with Gasteiger partial charge in [-0.05, 0) is 49.2 Å². The lowest BCUT2D eigenvalue weighted by molar-refractivity contribution is 0.0953. The third-order valence-electron chi connectivity index (χ3n) is 4.55. The minimum Gasteiger partial charge on any atom is -0.461 e. The molecule has 3 heterocycles. The van der Waals surface area contributed by atoms with Crippen molar-refractivity contribution >= 4 is 33.8 Å². The molecule has 1 amide bonds. The van der Waals surface area contributed by atoms with Crippen molar-refractivity contribution in [1.29, 1.82) is 0 Å². The van der Waals surface area contributed by atoms with Crippen LogP contribution in [0.15, 0.2) is 52.0 Å². The van der Waals surface area contributed by atoms with Crippen LogP contribution in [-0.2, 0) is 10.2 Å². The first kappa shape index (κ1) is 22.1. The number of nitrogens with one attached hydrogen (secondary N) is 2. The summed E-state index contributed by atoms with van der Waals surface area (Å²) in [7, 11) is -4.79. The highest BCUT2D eigenvalue weighted by molar-refractivity contribution is 7.86. The summed E-state index contributed by atoms with van der Waals surface area (Å²) in [5, 5.41) is 9.98. The van der Waals surface area contributed by atoms with Gasteiger partial charge in [0.2, 0.25) is 17.7 Å². The van der Waals surface area contributed by atoms with Gasteiger partial charge in [0.1, 0.15) is 0 Å². The fraction of sp³-hybridized carbons (Fsp3) is 0.211. The van der Waals surface area contributed by atoms with Gasteiger partial charge in [0.05, 0.1) is 11.2 Å². The quantitative estimate of drug-likeness (QED) is 0.239. The summed E-state index contributed by atoms with van der Waals surface area (Å²) >= 11 is 0. The molecule has 0 saturated carbocycles. The van der Waals surface area contributed by atoms with Crippen molar-refractivity contribution in [2.45, 2.75) is 17.7 Å². The van der Waals surface area contributed by atoms with Gasteiger partial charge in [-0.25, -0.2) is 0 Å². The number of nitrogen functional groups attached to an aromatic ring is 1. The highest BCUT2D eigenvalue weighted by Gasteiger charge is 2.14. The number of furan rings is 1. The predicted molar refractivity (Wildman–Crippen MR) is 115 cm³/mol. The molecular weight excluding hydrogens is 455 g/mol. The molecule has 0 aliphatic rings. The largest absolute Gasteiger partial charge is 0.461 e. The number of carbonyl (C=O) groups excluding carboxylic acids is 1. The lowest BCUT2D eigenvalue weighted by atomic mass is 10.2. The molecule has 0 unspecified atom stereocenters. The first-order valence-electron chi connectivity index (χ1n) is 9.82. The number of unbranched alkanes of at least 4 members (excludes halogenated alkanes) is 1. The molecule has 0 atom stereocenters. The van der Waals surface area contributed by atoms with Crippen LogP contribution >= 0.6 is 0 Å². The van der Waals surface area contributed by atoms with Crippen molar-refractivity contribution in [1.82, 2.24) is 29.9 Å². The highest BCUT2D eigenvalue weighted by atomic mass is 32.3. The Morgan fingerprint density at radius 2 is 1.85 bits per heavy atom. The van der Waals surface area contributed by atoms with Gasteiger partial charge in [0.25, 0.3) is 11.7 Å². The van der Waals surface area contributed by atoms with Gasteiger partial charge in [-0.1, -0.05) is 0 Å². The molecule has 4 aromatic rings. The molecule has 0 fully saturated rings. The molecule has 0 spiro atoms. The van der Waals surface area contributed by atoms with Crippen molar-refractivity contribution < 1.29 is 21.5 Å². The van der Waals surface area contributed by atoms with Gasteiger partial charge in [-0.3, -0.25) is 4.79 Å². The van der Waals surface area contributed by atoms with Crippen molar-refractivity contribution in [3.8, 4) is 11.6 Å². The number of halogens is 1. The van der Waals surface area contributed by atoms with Crippen molar-refractivity contribution in [3.63, 3.8) is 0 Å². The number of amides is 1. The standard InChI is InChI=1S/C19H19FN8O4S/c20-33(30,31)13-7-5-12(6-8-13)16(29)22-9-1-2-10-23-18-25-17(21)28-19(26-18)24-15(27-28)14-4-3-11-32-14/h3-8,11H,1-2,9-10H2,(H,22,29)(H3,21,23,24,25,26,27). The maximum atomic E-state index is 12.9. The van der Waals surface area contributed by atoms with Gasteiger partial charge in [-0.15, -0.1) is 8.98 Å². The van der Waals surface area contributed by atoms with Crippen LogP contribution in [0.4, 0.5) is 15.8 Å². The fourth-order valence-corrected chi connectivity index (χ4v) is 3.38. The van der Waals surface area contributed by atoms with Gasteiger partial charge in [0, 0.05) is 18.7 Å². The zero-order valence-corrected chi connectivity index (χ0v) is 17.9. The molecule has 0 saturated heterocycles. The van der Waals surface area contributed by atoms with E-state index in [9.17, 15) is 17.1 Å². The van der Waals surface area contributed by atoms with Crippen LogP contribution < -0.4 is 16.4 Å². The molecule has 172 valence electrons. The van der Waals surface area contributed by atoms with Crippen LogP contribution in [0.5, 0.6) is 0 Å². The van der Waals surface area contributed by atoms with E-state index >= 15 is 0 Å². The number of fused-ring (bicyclic) bond motifs is 1. The van der Waals surface area contributed by atoms with E-state index in [2.05, 4.69) is 30.7 Å². The maximum Gasteiger partial charge on any atom is 0.332 e. The molecule has 4 N–H and O–H groups in total. The molecule has 14 heteroatoms. The van der Waals surface area contributed by atoms with Crippen LogP contribution in [0.25, 0.3) is 17.4 Å². The van der Waals surface area contributed by atoms with E-state index < -0.39 is 15.1 Å². The van der Waals surface area contributed by atoms with Crippen LogP contribution in [0, 0.1) is 0 Å². The normalized spacial score (nSPS) is 11.5. The van der Waals surface area contributed by atoms with Crippen LogP contribution in [0.1, 0.15) is 23.2 Å². The first-order chi connectivity index (χ1) is 15.8. The summed E-state index contributed by atoms with van der Waals surface area (Å²) in [4.78, 5) is 24.3. The van der Waals surface area contributed by atoms with Crippen molar-refractivity contribution in [2.75, 3.05) is 24.1 Å². The number of carbonyl (C=O) groups is 1. The molecule has 0 aliphatic heterocycles. The third-order valence-corrected chi connectivity index (χ3v) is 5.38. The highest BCUT2D eigenvalue weighted by Crippen LogP contribution is 2.17. The van der Waals surface area contributed by atoms with Gasteiger partial charge in [0.15, 0.2) is 5.76 Å². The average molecular weight is 474 g/mol. The number of nitrogens with zero attached hydrogens (tertiary/aromatic N) is 5. The number of nitrogens with two attached hydrogens (primary N) is 1. The topological polar surface area (TPSA) is 170 Å². The Labute approximate surface area is 187 Å². The zero-order valence-electron chi connectivity index (χ0n) is 17.1. The number of rotatable bonds is 9. The lowest BCUT2D eigenvalue weighted by Crippen LogP contribution is -2.24. The lowest BCUT2D eigenvalue weighted by Gasteiger charge is -2.07. The molecule has 12 nitrogen and oxygen atoms in total. The van der Waals surface area contributed by atoms with E-state index in [4.69, 9.17) is 10.2 Å². The number of anilines is 2. The summed E-state index contributed by atoms with van der Waals surface area (Å²) in [5.74, 6) is 1.13. The van der Waals surface area contributed by atoms with Crippen LogP contribution in [0.3, 0.4) is 0 Å². The number of hydrogen-bond donors (Lipinski definition) is 3. The number of hydrogen-bond acceptors (Lipinski definition) is 10. The zero-order chi connectivity index (χ0) is 23.4. The third kappa shape index (κ3) is 5.23. The van der Waals surface area contributed by atoms with E-state index in [-0.39, 0.29) is 23.2 Å². The Kier molecular flexibility index (Phi) is 6.17. The molecule has 3 aromatic heterocycles. The predicted octanol–water partition coefficient (Wildman–Crippen LogP) is 1.64. The van der Waals surface area contributed by atoms with Gasteiger partial charge < -0.3 is 20.8 Å². The number of benzene rings is 1. The molecular formula is C19H19FN8O4S.